The van der Waals surface area contributed by atoms with Crippen LogP contribution in [0.2, 0.25) is 0 Å². The van der Waals surface area contributed by atoms with E-state index in [9.17, 15) is 18.0 Å². The molecule has 23 heavy (non-hydrogen) atoms. The van der Waals surface area contributed by atoms with Crippen LogP contribution in [0.25, 0.3) is 0 Å². The van der Waals surface area contributed by atoms with Gasteiger partial charge in [0.1, 0.15) is 5.70 Å². The van der Waals surface area contributed by atoms with Gasteiger partial charge < -0.3 is 5.32 Å². The van der Waals surface area contributed by atoms with Crippen molar-refractivity contribution in [2.24, 2.45) is 0 Å². The predicted molar refractivity (Wildman–Crippen MR) is 90.4 cm³/mol. The number of rotatable bonds is 4. The van der Waals surface area contributed by atoms with Gasteiger partial charge in [0, 0.05) is 26.3 Å². The van der Waals surface area contributed by atoms with E-state index in [-0.39, 0.29) is 11.3 Å². The van der Waals surface area contributed by atoms with Crippen LogP contribution in [-0.2, 0) is 0 Å². The summed E-state index contributed by atoms with van der Waals surface area (Å²) in [4.78, 5) is 12.0. The number of nitrogens with one attached hydrogen (secondary N) is 1. The summed E-state index contributed by atoms with van der Waals surface area (Å²) in [6.45, 7) is 0. The summed E-state index contributed by atoms with van der Waals surface area (Å²) in [7, 11) is 0. The van der Waals surface area contributed by atoms with Crippen LogP contribution in [0.5, 0.6) is 0 Å². The third-order valence-corrected chi connectivity index (χ3v) is 3.89. The quantitative estimate of drug-likeness (QED) is 0.462. The highest BCUT2D eigenvalue weighted by Crippen LogP contribution is 2.28. The molecule has 2 aromatic carbocycles. The lowest BCUT2D eigenvalue weighted by Gasteiger charge is -2.14. The van der Waals surface area contributed by atoms with E-state index >= 15 is 0 Å². The first-order chi connectivity index (χ1) is 10.8. The van der Waals surface area contributed by atoms with Crippen molar-refractivity contribution in [3.63, 3.8) is 0 Å². The summed E-state index contributed by atoms with van der Waals surface area (Å²) in [5.74, 6) is -0.727. The second kappa shape index (κ2) is 7.31. The normalized spacial score (nSPS) is 12.1. The largest absolute Gasteiger partial charge is 0.431 e. The lowest BCUT2D eigenvalue weighted by atomic mass is 10.1. The van der Waals surface area contributed by atoms with Crippen molar-refractivity contribution in [3.8, 4) is 0 Å². The lowest BCUT2D eigenvalue weighted by Crippen LogP contribution is -2.20. The first kappa shape index (κ1) is 17.7. The molecule has 2 rings (SSSR count). The average molecular weight is 449 g/mol. The summed E-state index contributed by atoms with van der Waals surface area (Å²) in [5, 5.41) is 2.24. The van der Waals surface area contributed by atoms with Gasteiger partial charge in [0.05, 0.1) is 0 Å². The number of ketones is 1. The van der Waals surface area contributed by atoms with E-state index in [1.54, 1.807) is 24.3 Å². The Morgan fingerprint density at radius 2 is 1.39 bits per heavy atom. The Labute approximate surface area is 147 Å². The molecule has 0 aliphatic heterocycles. The molecule has 0 saturated carbocycles. The van der Waals surface area contributed by atoms with Gasteiger partial charge in [-0.2, -0.15) is 13.2 Å². The highest BCUT2D eigenvalue weighted by atomic mass is 79.9. The SMILES string of the molecule is O=C(C=C(Nc1ccc(Br)cc1)C(F)(F)F)c1ccc(Br)cc1. The van der Waals surface area contributed by atoms with Crippen molar-refractivity contribution in [2.45, 2.75) is 6.18 Å². The summed E-state index contributed by atoms with van der Waals surface area (Å²) < 4.78 is 40.9. The molecule has 0 heterocycles. The molecule has 0 radical (unpaired) electrons. The molecule has 2 nitrogen and oxygen atoms in total. The zero-order chi connectivity index (χ0) is 17.0. The van der Waals surface area contributed by atoms with E-state index in [0.717, 1.165) is 8.95 Å². The van der Waals surface area contributed by atoms with Crippen LogP contribution in [0.15, 0.2) is 69.2 Å². The standard InChI is InChI=1S/C16H10Br2F3NO/c17-11-3-1-10(2-4-11)14(23)9-15(16(19,20)21)22-13-7-5-12(18)6-8-13/h1-9,22H. The van der Waals surface area contributed by atoms with Gasteiger partial charge in [0.25, 0.3) is 0 Å². The van der Waals surface area contributed by atoms with Gasteiger partial charge >= 0.3 is 6.18 Å². The van der Waals surface area contributed by atoms with Crippen molar-refractivity contribution >= 4 is 43.3 Å². The van der Waals surface area contributed by atoms with Crippen LogP contribution in [0.3, 0.4) is 0 Å². The topological polar surface area (TPSA) is 29.1 Å². The summed E-state index contributed by atoms with van der Waals surface area (Å²) in [5.41, 5.74) is -0.708. The Kier molecular flexibility index (Phi) is 5.64. The molecular weight excluding hydrogens is 439 g/mol. The second-order valence-corrected chi connectivity index (χ2v) is 6.39. The molecule has 120 valence electrons. The predicted octanol–water partition coefficient (Wildman–Crippen LogP) is 5.95. The summed E-state index contributed by atoms with van der Waals surface area (Å²) >= 11 is 6.41. The van der Waals surface area contributed by atoms with Crippen LogP contribution in [0, 0.1) is 0 Å². The molecule has 0 spiro atoms. The van der Waals surface area contributed by atoms with E-state index in [0.29, 0.717) is 6.08 Å². The van der Waals surface area contributed by atoms with Gasteiger partial charge in [-0.15, -0.1) is 0 Å². The minimum Gasteiger partial charge on any atom is -0.351 e. The van der Waals surface area contributed by atoms with Gasteiger partial charge in [0.2, 0.25) is 0 Å². The van der Waals surface area contributed by atoms with Crippen LogP contribution in [0.4, 0.5) is 18.9 Å². The Morgan fingerprint density at radius 1 is 0.913 bits per heavy atom. The van der Waals surface area contributed by atoms with Gasteiger partial charge in [-0.25, -0.2) is 0 Å². The molecule has 1 N–H and O–H groups in total. The summed E-state index contributed by atoms with van der Waals surface area (Å²) in [6.07, 6.45) is -4.11. The van der Waals surface area contributed by atoms with Gasteiger partial charge in [-0.3, -0.25) is 4.79 Å². The van der Waals surface area contributed by atoms with Crippen LogP contribution < -0.4 is 5.32 Å². The molecule has 0 amide bonds. The van der Waals surface area contributed by atoms with Gasteiger partial charge in [-0.05, 0) is 48.5 Å². The molecule has 7 heteroatoms. The van der Waals surface area contributed by atoms with E-state index in [1.165, 1.54) is 24.3 Å². The highest BCUT2D eigenvalue weighted by molar-refractivity contribution is 9.10. The number of allylic oxidation sites excluding steroid dienone is 2. The molecular formula is C16H10Br2F3NO. The number of anilines is 1. The second-order valence-electron chi connectivity index (χ2n) is 4.56. The molecule has 0 unspecified atom stereocenters. The number of hydrogen-bond donors (Lipinski definition) is 1. The van der Waals surface area contributed by atoms with Gasteiger partial charge in [0.15, 0.2) is 5.78 Å². The molecule has 0 atom stereocenters. The Hall–Kier alpha value is -1.60. The molecule has 0 aliphatic carbocycles. The van der Waals surface area contributed by atoms with Crippen molar-refractivity contribution in [2.75, 3.05) is 5.32 Å². The maximum Gasteiger partial charge on any atom is 0.431 e. The first-order valence-electron chi connectivity index (χ1n) is 6.37. The zero-order valence-corrected chi connectivity index (χ0v) is 14.7. The number of carbonyl (C=O) groups is 1. The summed E-state index contributed by atoms with van der Waals surface area (Å²) in [6, 6.07) is 12.3. The maximum absolute atomic E-state index is 13.1. The molecule has 0 bridgehead atoms. The smallest absolute Gasteiger partial charge is 0.351 e. The zero-order valence-electron chi connectivity index (χ0n) is 11.5. The van der Waals surface area contributed by atoms with E-state index in [1.807, 2.05) is 0 Å². The maximum atomic E-state index is 13.1. The third-order valence-electron chi connectivity index (χ3n) is 2.83. The highest BCUT2D eigenvalue weighted by Gasteiger charge is 2.34. The van der Waals surface area contributed by atoms with E-state index in [4.69, 9.17) is 0 Å². The van der Waals surface area contributed by atoms with Crippen molar-refractivity contribution in [1.82, 2.24) is 0 Å². The lowest BCUT2D eigenvalue weighted by molar-refractivity contribution is -0.0903. The minimum atomic E-state index is -4.67. The number of benzene rings is 2. The number of halogens is 5. The fraction of sp³-hybridized carbons (Fsp3) is 0.0625. The van der Waals surface area contributed by atoms with E-state index < -0.39 is 17.7 Å². The van der Waals surface area contributed by atoms with E-state index in [2.05, 4.69) is 37.2 Å². The van der Waals surface area contributed by atoms with Crippen molar-refractivity contribution < 1.29 is 18.0 Å². The molecule has 2 aromatic rings. The molecule has 0 saturated heterocycles. The van der Waals surface area contributed by atoms with Crippen molar-refractivity contribution in [3.05, 3.63) is 74.8 Å². The fourth-order valence-electron chi connectivity index (χ4n) is 1.71. The Bertz CT molecular complexity index is 722. The van der Waals surface area contributed by atoms with Crippen LogP contribution >= 0.6 is 31.9 Å². The molecule has 0 aromatic heterocycles. The minimum absolute atomic E-state index is 0.174. The number of carbonyl (C=O) groups excluding carboxylic acids is 1. The van der Waals surface area contributed by atoms with Gasteiger partial charge in [-0.1, -0.05) is 31.9 Å². The fourth-order valence-corrected chi connectivity index (χ4v) is 2.23. The van der Waals surface area contributed by atoms with Crippen molar-refractivity contribution in [1.29, 1.82) is 0 Å². The molecule has 0 fully saturated rings. The monoisotopic (exact) mass is 447 g/mol. The molecule has 0 aliphatic rings. The number of alkyl halides is 3. The third kappa shape index (κ3) is 5.21. The number of hydrogen-bond acceptors (Lipinski definition) is 2. The Balaban J connectivity index is 2.29. The Morgan fingerprint density at radius 3 is 1.87 bits per heavy atom. The van der Waals surface area contributed by atoms with Crippen LogP contribution in [-0.4, -0.2) is 12.0 Å². The van der Waals surface area contributed by atoms with Crippen LogP contribution in [0.1, 0.15) is 10.4 Å². The average Bonchev–Trinajstić information content (AvgIpc) is 2.48. The first-order valence-corrected chi connectivity index (χ1v) is 7.96.